The van der Waals surface area contributed by atoms with Crippen molar-refractivity contribution in [3.63, 3.8) is 0 Å². The maximum atomic E-state index is 3.81. The first kappa shape index (κ1) is 14.3. The normalized spacial score (nSPS) is 28.2. The molecule has 0 radical (unpaired) electrons. The highest BCUT2D eigenvalue weighted by molar-refractivity contribution is 4.95. The molecule has 1 N–H and O–H groups in total. The first-order valence-corrected chi connectivity index (χ1v) is 8.25. The van der Waals surface area contributed by atoms with E-state index in [4.69, 9.17) is 0 Å². The van der Waals surface area contributed by atoms with Crippen molar-refractivity contribution in [1.82, 2.24) is 10.2 Å². The molecule has 2 saturated heterocycles. The monoisotopic (exact) mass is 252 g/mol. The number of nitrogens with zero attached hydrogens (tertiary/aromatic N) is 1. The first-order valence-electron chi connectivity index (χ1n) is 8.25. The molecule has 2 aliphatic heterocycles. The smallest absolute Gasteiger partial charge is 0.0250 e. The van der Waals surface area contributed by atoms with Crippen molar-refractivity contribution in [3.05, 3.63) is 0 Å². The molecule has 0 amide bonds. The van der Waals surface area contributed by atoms with Gasteiger partial charge in [0.1, 0.15) is 0 Å². The summed E-state index contributed by atoms with van der Waals surface area (Å²) in [4.78, 5) is 2.69. The molecular weight excluding hydrogens is 220 g/mol. The standard InChI is InChI=1S/C16H32N2/c1-14(2)8-5-3-4-6-11-17-15-10-13-18-12-7-9-16(15)18/h14-17H,3-13H2,1-2H3. The third kappa shape index (κ3) is 4.24. The molecule has 0 aliphatic carbocycles. The summed E-state index contributed by atoms with van der Waals surface area (Å²) < 4.78 is 0. The van der Waals surface area contributed by atoms with Gasteiger partial charge in [0.15, 0.2) is 0 Å². The second kappa shape index (κ2) is 7.49. The predicted molar refractivity (Wildman–Crippen MR) is 78.9 cm³/mol. The summed E-state index contributed by atoms with van der Waals surface area (Å²) in [7, 11) is 0. The fourth-order valence-corrected chi connectivity index (χ4v) is 3.64. The molecular formula is C16H32N2. The van der Waals surface area contributed by atoms with Crippen molar-refractivity contribution in [3.8, 4) is 0 Å². The van der Waals surface area contributed by atoms with Gasteiger partial charge in [-0.15, -0.1) is 0 Å². The Bertz CT molecular complexity index is 227. The molecule has 0 aromatic heterocycles. The van der Waals surface area contributed by atoms with Gasteiger partial charge in [0.05, 0.1) is 0 Å². The Labute approximate surface area is 114 Å². The van der Waals surface area contributed by atoms with Gasteiger partial charge in [0, 0.05) is 18.6 Å². The van der Waals surface area contributed by atoms with Crippen LogP contribution < -0.4 is 5.32 Å². The fraction of sp³-hybridized carbons (Fsp3) is 1.00. The third-order valence-corrected chi connectivity index (χ3v) is 4.72. The summed E-state index contributed by atoms with van der Waals surface area (Å²) >= 11 is 0. The third-order valence-electron chi connectivity index (χ3n) is 4.72. The van der Waals surface area contributed by atoms with Gasteiger partial charge in [0.2, 0.25) is 0 Å². The van der Waals surface area contributed by atoms with Crippen LogP contribution >= 0.6 is 0 Å². The summed E-state index contributed by atoms with van der Waals surface area (Å²) in [6.45, 7) is 8.61. The van der Waals surface area contributed by atoms with Crippen molar-refractivity contribution >= 4 is 0 Å². The molecule has 0 bridgehead atoms. The molecule has 2 rings (SSSR count). The number of nitrogens with one attached hydrogen (secondary N) is 1. The first-order chi connectivity index (χ1) is 8.77. The maximum Gasteiger partial charge on any atom is 0.0250 e. The van der Waals surface area contributed by atoms with E-state index in [-0.39, 0.29) is 0 Å². The highest BCUT2D eigenvalue weighted by Crippen LogP contribution is 2.27. The molecule has 2 fully saturated rings. The second-order valence-electron chi connectivity index (χ2n) is 6.69. The Hall–Kier alpha value is -0.0800. The average Bonchev–Trinajstić information content (AvgIpc) is 2.91. The molecule has 0 saturated carbocycles. The van der Waals surface area contributed by atoms with E-state index in [1.807, 2.05) is 0 Å². The number of hydrogen-bond acceptors (Lipinski definition) is 2. The summed E-state index contributed by atoms with van der Waals surface area (Å²) in [6.07, 6.45) is 11.3. The molecule has 0 aromatic rings. The lowest BCUT2D eigenvalue weighted by atomic mass is 10.0. The van der Waals surface area contributed by atoms with Crippen molar-refractivity contribution in [2.75, 3.05) is 19.6 Å². The van der Waals surface area contributed by atoms with Crippen molar-refractivity contribution in [2.45, 2.75) is 77.3 Å². The molecule has 18 heavy (non-hydrogen) atoms. The van der Waals surface area contributed by atoms with Crippen LogP contribution in [0.1, 0.15) is 65.2 Å². The summed E-state index contributed by atoms with van der Waals surface area (Å²) in [6, 6.07) is 1.69. The zero-order valence-electron chi connectivity index (χ0n) is 12.5. The van der Waals surface area contributed by atoms with Crippen molar-refractivity contribution in [2.24, 2.45) is 5.92 Å². The Morgan fingerprint density at radius 1 is 1.06 bits per heavy atom. The van der Waals surface area contributed by atoms with E-state index >= 15 is 0 Å². The van der Waals surface area contributed by atoms with Crippen LogP contribution in [-0.4, -0.2) is 36.6 Å². The van der Waals surface area contributed by atoms with Gasteiger partial charge in [-0.25, -0.2) is 0 Å². The van der Waals surface area contributed by atoms with E-state index in [1.54, 1.807) is 0 Å². The van der Waals surface area contributed by atoms with Gasteiger partial charge >= 0.3 is 0 Å². The lowest BCUT2D eigenvalue weighted by Gasteiger charge is -2.21. The van der Waals surface area contributed by atoms with Crippen LogP contribution in [0.4, 0.5) is 0 Å². The number of unbranched alkanes of at least 4 members (excludes halogenated alkanes) is 3. The molecule has 2 nitrogen and oxygen atoms in total. The zero-order valence-corrected chi connectivity index (χ0v) is 12.5. The highest BCUT2D eigenvalue weighted by atomic mass is 15.2. The molecule has 106 valence electrons. The molecule has 2 unspecified atom stereocenters. The molecule has 2 heteroatoms. The van der Waals surface area contributed by atoms with E-state index in [0.717, 1.165) is 18.0 Å². The Morgan fingerprint density at radius 2 is 1.89 bits per heavy atom. The van der Waals surface area contributed by atoms with Gasteiger partial charge in [-0.3, -0.25) is 4.90 Å². The minimum absolute atomic E-state index is 0.808. The summed E-state index contributed by atoms with van der Waals surface area (Å²) in [5.41, 5.74) is 0. The second-order valence-corrected chi connectivity index (χ2v) is 6.69. The quantitative estimate of drug-likeness (QED) is 0.666. The lowest BCUT2D eigenvalue weighted by molar-refractivity contribution is 0.298. The molecule has 2 aliphatic rings. The zero-order chi connectivity index (χ0) is 12.8. The predicted octanol–water partition coefficient (Wildman–Crippen LogP) is 3.42. The van der Waals surface area contributed by atoms with Gasteiger partial charge in [0.25, 0.3) is 0 Å². The number of rotatable bonds is 8. The van der Waals surface area contributed by atoms with E-state index in [9.17, 15) is 0 Å². The van der Waals surface area contributed by atoms with Crippen molar-refractivity contribution in [1.29, 1.82) is 0 Å². The van der Waals surface area contributed by atoms with Crippen LogP contribution in [0.2, 0.25) is 0 Å². The fourth-order valence-electron chi connectivity index (χ4n) is 3.64. The minimum Gasteiger partial charge on any atom is -0.312 e. The van der Waals surface area contributed by atoms with Gasteiger partial charge in [-0.05, 0) is 44.7 Å². The van der Waals surface area contributed by atoms with Crippen LogP contribution in [-0.2, 0) is 0 Å². The van der Waals surface area contributed by atoms with Gasteiger partial charge in [-0.2, -0.15) is 0 Å². The minimum atomic E-state index is 0.808. The topological polar surface area (TPSA) is 15.3 Å². The van der Waals surface area contributed by atoms with Gasteiger partial charge in [-0.1, -0.05) is 39.5 Å². The highest BCUT2D eigenvalue weighted by Gasteiger charge is 2.36. The molecule has 0 aromatic carbocycles. The number of fused-ring (bicyclic) bond motifs is 1. The van der Waals surface area contributed by atoms with Crippen LogP contribution in [0.25, 0.3) is 0 Å². The van der Waals surface area contributed by atoms with E-state index < -0.39 is 0 Å². The molecule has 0 spiro atoms. The van der Waals surface area contributed by atoms with E-state index in [0.29, 0.717) is 0 Å². The van der Waals surface area contributed by atoms with E-state index in [1.165, 1.54) is 71.0 Å². The van der Waals surface area contributed by atoms with E-state index in [2.05, 4.69) is 24.1 Å². The Balaban J connectivity index is 1.46. The molecule has 2 atom stereocenters. The largest absolute Gasteiger partial charge is 0.312 e. The van der Waals surface area contributed by atoms with Crippen LogP contribution in [0.15, 0.2) is 0 Å². The number of hydrogen-bond donors (Lipinski definition) is 1. The van der Waals surface area contributed by atoms with Crippen LogP contribution in [0.3, 0.4) is 0 Å². The molecule has 2 heterocycles. The van der Waals surface area contributed by atoms with Crippen LogP contribution in [0.5, 0.6) is 0 Å². The Kier molecular flexibility index (Phi) is 5.97. The summed E-state index contributed by atoms with van der Waals surface area (Å²) in [5, 5.41) is 3.81. The Morgan fingerprint density at radius 3 is 2.72 bits per heavy atom. The SMILES string of the molecule is CC(C)CCCCCCNC1CCN2CCCC12. The maximum absolute atomic E-state index is 3.81. The van der Waals surface area contributed by atoms with Crippen molar-refractivity contribution < 1.29 is 0 Å². The average molecular weight is 252 g/mol. The van der Waals surface area contributed by atoms with Crippen LogP contribution in [0, 0.1) is 5.92 Å². The lowest BCUT2D eigenvalue weighted by Crippen LogP contribution is -2.39. The summed E-state index contributed by atoms with van der Waals surface area (Å²) in [5.74, 6) is 0.884. The van der Waals surface area contributed by atoms with Gasteiger partial charge < -0.3 is 5.32 Å².